The second-order valence-corrected chi connectivity index (χ2v) is 5.36. The van der Waals surface area contributed by atoms with Crippen LogP contribution in [0.2, 0.25) is 0 Å². The number of carbonyl (C=O) groups excluding carboxylic acids is 3. The molecule has 0 aliphatic heterocycles. The van der Waals surface area contributed by atoms with Gasteiger partial charge in [0.05, 0.1) is 6.54 Å². The lowest BCUT2D eigenvalue weighted by molar-refractivity contribution is -0.142. The third-order valence-electron chi connectivity index (χ3n) is 3.41. The summed E-state index contributed by atoms with van der Waals surface area (Å²) < 4.78 is 4.80. The van der Waals surface area contributed by atoms with Crippen LogP contribution in [-0.4, -0.2) is 58.9 Å². The number of esters is 1. The van der Waals surface area contributed by atoms with Crippen LogP contribution < -0.4 is 5.73 Å². The van der Waals surface area contributed by atoms with Crippen LogP contribution in [0.25, 0.3) is 0 Å². The van der Waals surface area contributed by atoms with Crippen LogP contribution in [-0.2, 0) is 9.53 Å². The molecule has 1 aromatic rings. The van der Waals surface area contributed by atoms with Crippen LogP contribution >= 0.6 is 0 Å². The molecule has 8 heteroatoms. The maximum atomic E-state index is 12.6. The molecule has 24 heavy (non-hydrogen) atoms. The number of nitrogens with two attached hydrogens (primary N) is 1. The highest BCUT2D eigenvalue weighted by Gasteiger charge is 2.27. The number of aliphatic hydroxyl groups is 2. The van der Waals surface area contributed by atoms with E-state index in [4.69, 9.17) is 10.5 Å². The first-order valence-electron chi connectivity index (χ1n) is 7.41. The number of ether oxygens (including phenoxy) is 1. The van der Waals surface area contributed by atoms with E-state index < -0.39 is 29.9 Å². The van der Waals surface area contributed by atoms with Crippen LogP contribution in [0.1, 0.15) is 34.6 Å². The van der Waals surface area contributed by atoms with E-state index in [9.17, 15) is 24.6 Å². The second-order valence-electron chi connectivity index (χ2n) is 5.36. The van der Waals surface area contributed by atoms with Gasteiger partial charge in [-0.1, -0.05) is 13.0 Å². The molecular formula is C16H22N2O6. The molecule has 0 saturated heterocycles. The van der Waals surface area contributed by atoms with E-state index in [0.29, 0.717) is 0 Å². The zero-order chi connectivity index (χ0) is 18.3. The van der Waals surface area contributed by atoms with Crippen LogP contribution in [0.3, 0.4) is 0 Å². The number of nitrogens with zero attached hydrogens (tertiary/aromatic N) is 1. The summed E-state index contributed by atoms with van der Waals surface area (Å²) >= 11 is 0. The van der Waals surface area contributed by atoms with Crippen molar-refractivity contribution in [3.8, 4) is 0 Å². The average Bonchev–Trinajstić information content (AvgIpc) is 2.56. The number of rotatable bonds is 8. The van der Waals surface area contributed by atoms with E-state index >= 15 is 0 Å². The Labute approximate surface area is 139 Å². The molecule has 0 fully saturated rings. The molecule has 2 unspecified atom stereocenters. The third kappa shape index (κ3) is 5.32. The summed E-state index contributed by atoms with van der Waals surface area (Å²) in [4.78, 5) is 35.8. The Hall–Kier alpha value is -2.45. The van der Waals surface area contributed by atoms with E-state index in [2.05, 4.69) is 0 Å². The van der Waals surface area contributed by atoms with Crippen molar-refractivity contribution in [2.45, 2.75) is 20.1 Å². The molecule has 0 bridgehead atoms. The maximum absolute atomic E-state index is 12.6. The van der Waals surface area contributed by atoms with Crippen LogP contribution in [0.4, 0.5) is 0 Å². The minimum atomic E-state index is -1.28. The van der Waals surface area contributed by atoms with Crippen molar-refractivity contribution < 1.29 is 29.3 Å². The summed E-state index contributed by atoms with van der Waals surface area (Å²) in [5, 5.41) is 19.5. The number of primary amides is 1. The summed E-state index contributed by atoms with van der Waals surface area (Å²) in [5.41, 5.74) is 5.51. The van der Waals surface area contributed by atoms with Crippen LogP contribution in [0, 0.1) is 5.92 Å². The molecular weight excluding hydrogens is 316 g/mol. The lowest BCUT2D eigenvalue weighted by Gasteiger charge is -2.31. The lowest BCUT2D eigenvalue weighted by Crippen LogP contribution is -2.46. The quantitative estimate of drug-likeness (QED) is 0.442. The highest BCUT2D eigenvalue weighted by molar-refractivity contribution is 5.99. The van der Waals surface area contributed by atoms with Gasteiger partial charge in [0.25, 0.3) is 5.91 Å². The van der Waals surface area contributed by atoms with Gasteiger partial charge in [-0.25, -0.2) is 0 Å². The van der Waals surface area contributed by atoms with Gasteiger partial charge in [0.15, 0.2) is 0 Å². The van der Waals surface area contributed by atoms with Gasteiger partial charge in [-0.05, 0) is 18.2 Å². The lowest BCUT2D eigenvalue weighted by atomic mass is 10.1. The predicted octanol–water partition coefficient (Wildman–Crippen LogP) is -0.262. The van der Waals surface area contributed by atoms with Gasteiger partial charge in [-0.15, -0.1) is 0 Å². The zero-order valence-electron chi connectivity index (χ0n) is 13.6. The smallest absolute Gasteiger partial charge is 0.302 e. The number of benzene rings is 1. The molecule has 2 atom stereocenters. The molecule has 4 N–H and O–H groups in total. The molecule has 1 aromatic carbocycles. The van der Waals surface area contributed by atoms with Gasteiger partial charge in [0.2, 0.25) is 5.91 Å². The molecule has 0 aliphatic carbocycles. The Morgan fingerprint density at radius 1 is 1.29 bits per heavy atom. The SMILES string of the molecule is CC(=O)OCCN(C(=O)c1cccc(C(N)=O)c1)C(O)C(C)CO. The summed E-state index contributed by atoms with van der Waals surface area (Å²) in [6, 6.07) is 5.76. The van der Waals surface area contributed by atoms with Gasteiger partial charge in [-0.3, -0.25) is 14.4 Å². The fourth-order valence-corrected chi connectivity index (χ4v) is 2.01. The van der Waals surface area contributed by atoms with Gasteiger partial charge in [-0.2, -0.15) is 0 Å². The standard InChI is InChI=1S/C16H22N2O6/c1-10(9-19)15(22)18(6-7-24-11(2)20)16(23)13-5-3-4-12(8-13)14(17)21/h3-5,8,10,15,19,22H,6-7,9H2,1-2H3,(H2,17,21). The monoisotopic (exact) mass is 338 g/mol. The topological polar surface area (TPSA) is 130 Å². The molecule has 0 saturated carbocycles. The first kappa shape index (κ1) is 19.6. The number of carbonyl (C=O) groups is 3. The van der Waals surface area contributed by atoms with E-state index in [0.717, 1.165) is 4.90 Å². The Morgan fingerprint density at radius 3 is 2.46 bits per heavy atom. The van der Waals surface area contributed by atoms with Crippen molar-refractivity contribution in [2.75, 3.05) is 19.8 Å². The summed E-state index contributed by atoms with van der Waals surface area (Å²) in [7, 11) is 0. The van der Waals surface area contributed by atoms with Crippen molar-refractivity contribution in [3.63, 3.8) is 0 Å². The Balaban J connectivity index is 3.03. The molecule has 0 aromatic heterocycles. The zero-order valence-corrected chi connectivity index (χ0v) is 13.6. The molecule has 2 amide bonds. The predicted molar refractivity (Wildman–Crippen MR) is 84.9 cm³/mol. The van der Waals surface area contributed by atoms with Gasteiger partial charge in [0, 0.05) is 30.6 Å². The third-order valence-corrected chi connectivity index (χ3v) is 3.41. The molecule has 0 aliphatic rings. The van der Waals surface area contributed by atoms with Gasteiger partial charge in [0.1, 0.15) is 12.8 Å². The average molecular weight is 338 g/mol. The molecule has 8 nitrogen and oxygen atoms in total. The van der Waals surface area contributed by atoms with Crippen molar-refractivity contribution in [1.82, 2.24) is 4.90 Å². The summed E-state index contributed by atoms with van der Waals surface area (Å²) in [5.74, 6) is -2.37. The van der Waals surface area contributed by atoms with Crippen LogP contribution in [0.5, 0.6) is 0 Å². The Morgan fingerprint density at radius 2 is 1.92 bits per heavy atom. The van der Waals surface area contributed by atoms with E-state index in [1.807, 2.05) is 0 Å². The van der Waals surface area contributed by atoms with Crippen molar-refractivity contribution >= 4 is 17.8 Å². The molecule has 1 rings (SSSR count). The first-order chi connectivity index (χ1) is 11.3. The van der Waals surface area contributed by atoms with Crippen molar-refractivity contribution in [3.05, 3.63) is 35.4 Å². The highest BCUT2D eigenvalue weighted by Crippen LogP contribution is 2.14. The number of amides is 2. The second kappa shape index (κ2) is 8.99. The van der Waals surface area contributed by atoms with E-state index in [1.165, 1.54) is 31.2 Å². The fourth-order valence-electron chi connectivity index (χ4n) is 2.01. The van der Waals surface area contributed by atoms with E-state index in [1.54, 1.807) is 6.92 Å². The minimum absolute atomic E-state index is 0.0648. The molecule has 132 valence electrons. The van der Waals surface area contributed by atoms with Crippen molar-refractivity contribution in [2.24, 2.45) is 11.7 Å². The Bertz CT molecular complexity index is 604. The highest BCUT2D eigenvalue weighted by atomic mass is 16.5. The van der Waals surface area contributed by atoms with E-state index in [-0.39, 0.29) is 30.9 Å². The van der Waals surface area contributed by atoms with Crippen LogP contribution in [0.15, 0.2) is 24.3 Å². The number of hydrogen-bond acceptors (Lipinski definition) is 6. The maximum Gasteiger partial charge on any atom is 0.302 e. The summed E-state index contributed by atoms with van der Waals surface area (Å²) in [6.07, 6.45) is -1.28. The molecule has 0 heterocycles. The largest absolute Gasteiger partial charge is 0.464 e. The van der Waals surface area contributed by atoms with Crippen molar-refractivity contribution in [1.29, 1.82) is 0 Å². The first-order valence-corrected chi connectivity index (χ1v) is 7.41. The molecule has 0 spiro atoms. The normalized spacial score (nSPS) is 13.0. The number of hydrogen-bond donors (Lipinski definition) is 3. The van der Waals surface area contributed by atoms with Gasteiger partial charge < -0.3 is 25.6 Å². The minimum Gasteiger partial charge on any atom is -0.464 e. The number of aliphatic hydroxyl groups excluding tert-OH is 2. The molecule has 0 radical (unpaired) electrons. The summed E-state index contributed by atoms with van der Waals surface area (Å²) in [6.45, 7) is 2.29. The fraction of sp³-hybridized carbons (Fsp3) is 0.438. The van der Waals surface area contributed by atoms with Gasteiger partial charge >= 0.3 is 5.97 Å². The Kier molecular flexibility index (Phi) is 7.34.